The molecule has 33 heteroatoms. The van der Waals surface area contributed by atoms with E-state index in [0.717, 1.165) is 12.5 Å². The molecule has 5 aliphatic heterocycles. The van der Waals surface area contributed by atoms with Crippen LogP contribution in [0.2, 0.25) is 0 Å². The molecule has 5 heterocycles. The number of hydrogen-bond acceptors (Lipinski definition) is 33. The van der Waals surface area contributed by atoms with Gasteiger partial charge in [-0.25, -0.2) is 0 Å². The van der Waals surface area contributed by atoms with Gasteiger partial charge in [0.05, 0.1) is 81.3 Å². The maximum absolute atomic E-state index is 16.1. The van der Waals surface area contributed by atoms with Crippen LogP contribution < -0.4 is 0 Å². The highest BCUT2D eigenvalue weighted by atomic mass is 16.8. The van der Waals surface area contributed by atoms with Crippen LogP contribution in [-0.2, 0) is 90.3 Å². The second-order valence-electron chi connectivity index (χ2n) is 33.8. The van der Waals surface area contributed by atoms with Crippen LogP contribution in [0.5, 0.6) is 0 Å². The SMILES string of the molecule is CC(=O)O[C@H]1[C@H](O[C@H]2[C@H](OC(=O)[C@]34CCC(C)(C)C[C@H]3C3=CC[C@@H]5[C@@]6(C)C[C@H](O)[C@H](O[C@@H]7O[C@@H](C)[C@H](O)[C@@H](O)[C@H]7O)[C@@](C)(CO)[C@@H]6CC[C@@]5(C)[C@]3(C)C[C@H]4O)O[C@H](C)[C@H](OC(=O)C[C@H](C)OC(=O)CC(C)OC(=O)CC(C)O)[C@@H]2O)O[C@@H](C)[C@H](O[C@@H]2OC[C@@H](O)[C@H](O[C@@H]3O[C@@H](C)[C@H](O)[C@@H](O)[C@H]3O)[C@H]2O)[C@H]1O. The van der Waals surface area contributed by atoms with Crippen LogP contribution in [0.15, 0.2) is 11.6 Å². The van der Waals surface area contributed by atoms with Crippen molar-refractivity contribution in [2.24, 2.45) is 50.2 Å². The molecule has 0 radical (unpaired) electrons. The van der Waals surface area contributed by atoms with Gasteiger partial charge in [-0.1, -0.05) is 53.2 Å². The monoisotopic (exact) mass is 1520 g/mol. The van der Waals surface area contributed by atoms with Gasteiger partial charge >= 0.3 is 29.8 Å². The van der Waals surface area contributed by atoms with E-state index < -0.39 is 278 Å². The van der Waals surface area contributed by atoms with Gasteiger partial charge in [0.1, 0.15) is 90.9 Å². The Hall–Kier alpha value is -3.83. The van der Waals surface area contributed by atoms with E-state index in [1.54, 1.807) is 0 Å². The molecule has 106 heavy (non-hydrogen) atoms. The standard InChI is InChI=1S/C73H116O33/c1-29(75)21-44(80)94-30(2)22-45(81)95-31(3)23-46(82)101-56-34(6)99-66(60(53(56)89)104-65-59(100-36(8)76)54(90)57(35(7)98-65)102-62-55(91)58(40(78)27-93-62)103-63-51(87)49(85)47(83)32(4)96-63)106-67(92)73-20-19-68(9,10)24-38(73)37-15-16-42-69(11)25-39(77)61(105-64-52(88)50(86)48(84)33(5)97-64)70(12,28-74)41(69)17-18-71(42,13)72(37,14)26-43(73)79/h15,29-35,38-43,47-66,74-75,77-79,83-91H,16-28H2,1-14H3/t29?,30?,31-,32-,33-,34+,35-,38-,39-,40+,41+,42+,43+,47-,48-,49+,50+,51+,52+,53-,54+,55+,56-,57-,58-,59+,60+,61-,62-,63-,64-,65-,66-,69-,70-,71+,72+,73+/m0/s1. The van der Waals surface area contributed by atoms with E-state index in [1.807, 2.05) is 6.92 Å². The molecular formula is C73H116O33. The van der Waals surface area contributed by atoms with Crippen LogP contribution >= 0.6 is 0 Å². The van der Waals surface area contributed by atoms with Crippen LogP contribution in [-0.4, -0.2) is 299 Å². The fourth-order valence-electron chi connectivity index (χ4n) is 19.8. The summed E-state index contributed by atoms with van der Waals surface area (Å²) in [6.07, 6.45) is -43.1. The summed E-state index contributed by atoms with van der Waals surface area (Å²) in [5, 5.41) is 158. The molecule has 5 aliphatic carbocycles. The Bertz CT molecular complexity index is 3120. The van der Waals surface area contributed by atoms with Gasteiger partial charge in [-0.2, -0.15) is 0 Å². The minimum atomic E-state index is -2.06. The zero-order chi connectivity index (χ0) is 78.3. The van der Waals surface area contributed by atoms with Crippen LogP contribution in [0.1, 0.15) is 168 Å². The Morgan fingerprint density at radius 1 is 0.519 bits per heavy atom. The Morgan fingerprint density at radius 3 is 1.65 bits per heavy atom. The summed E-state index contributed by atoms with van der Waals surface area (Å²) in [6.45, 7) is 22.3. The number of carbonyl (C=O) groups excluding carboxylic acids is 5. The lowest BCUT2D eigenvalue weighted by molar-refractivity contribution is -0.380. The minimum absolute atomic E-state index is 0.0444. The molecule has 0 aromatic carbocycles. The molecule has 2 unspecified atom stereocenters. The number of rotatable bonds is 21. The Labute approximate surface area is 616 Å². The summed E-state index contributed by atoms with van der Waals surface area (Å²) in [7, 11) is 0. The number of fused-ring (bicyclic) bond motifs is 7. The van der Waals surface area contributed by atoms with E-state index in [0.29, 0.717) is 32.1 Å². The van der Waals surface area contributed by atoms with Gasteiger partial charge in [0.2, 0.25) is 6.29 Å². The summed E-state index contributed by atoms with van der Waals surface area (Å²) >= 11 is 0. The average Bonchev–Trinajstić information content (AvgIpc) is 0.669. The highest BCUT2D eigenvalue weighted by molar-refractivity contribution is 5.80. The molecule has 5 saturated heterocycles. The molecule has 38 atom stereocenters. The second-order valence-corrected chi connectivity index (χ2v) is 33.8. The van der Waals surface area contributed by atoms with Crippen molar-refractivity contribution in [1.82, 2.24) is 0 Å². The van der Waals surface area contributed by atoms with Gasteiger partial charge in [0.15, 0.2) is 43.5 Å². The molecule has 0 aromatic rings. The van der Waals surface area contributed by atoms with Gasteiger partial charge in [-0.3, -0.25) is 24.0 Å². The Balaban J connectivity index is 0.925. The first kappa shape index (κ1) is 84.6. The molecule has 606 valence electrons. The molecule has 0 aromatic heterocycles. The first-order chi connectivity index (χ1) is 49.4. The van der Waals surface area contributed by atoms with Crippen molar-refractivity contribution in [3.05, 3.63) is 11.6 Å². The molecule has 0 bridgehead atoms. The van der Waals surface area contributed by atoms with Crippen molar-refractivity contribution in [1.29, 1.82) is 0 Å². The third-order valence-electron chi connectivity index (χ3n) is 25.6. The molecule has 10 rings (SSSR count). The second kappa shape index (κ2) is 32.3. The predicted octanol–water partition coefficient (Wildman–Crippen LogP) is -1.01. The largest absolute Gasteiger partial charge is 0.462 e. The normalized spacial score (nSPS) is 48.7. The Kier molecular flexibility index (Phi) is 25.8. The van der Waals surface area contributed by atoms with Gasteiger partial charge in [0, 0.05) is 12.3 Å². The smallest absolute Gasteiger partial charge is 0.317 e. The number of hydrogen-bond donors (Lipinski definition) is 14. The van der Waals surface area contributed by atoms with Crippen molar-refractivity contribution >= 4 is 29.8 Å². The van der Waals surface area contributed by atoms with Crippen LogP contribution in [0.25, 0.3) is 0 Å². The molecular weight excluding hydrogens is 1400 g/mol. The average molecular weight is 1520 g/mol. The van der Waals surface area contributed by atoms with Gasteiger partial charge in [-0.05, 0) is 139 Å². The van der Waals surface area contributed by atoms with Gasteiger partial charge in [-0.15, -0.1) is 0 Å². The highest BCUT2D eigenvalue weighted by Gasteiger charge is 2.74. The quantitative estimate of drug-likeness (QED) is 0.0283. The third kappa shape index (κ3) is 16.0. The summed E-state index contributed by atoms with van der Waals surface area (Å²) < 4.78 is 83.5. The molecule has 33 nitrogen and oxygen atoms in total. The first-order valence-electron chi connectivity index (χ1n) is 37.4. The van der Waals surface area contributed by atoms with Crippen molar-refractivity contribution in [3.8, 4) is 0 Å². The van der Waals surface area contributed by atoms with E-state index in [-0.39, 0.29) is 37.5 Å². The van der Waals surface area contributed by atoms with Crippen molar-refractivity contribution in [2.75, 3.05) is 13.2 Å². The topological polar surface area (TPSA) is 498 Å². The van der Waals surface area contributed by atoms with Crippen molar-refractivity contribution in [3.63, 3.8) is 0 Å². The van der Waals surface area contributed by atoms with Crippen LogP contribution in [0, 0.1) is 50.2 Å². The van der Waals surface area contributed by atoms with E-state index in [9.17, 15) is 90.7 Å². The van der Waals surface area contributed by atoms with Crippen molar-refractivity contribution < 1.29 is 162 Å². The summed E-state index contributed by atoms with van der Waals surface area (Å²) in [4.78, 5) is 68.3. The molecule has 9 fully saturated rings. The number of aliphatic hydroxyl groups excluding tert-OH is 14. The molecule has 4 saturated carbocycles. The lowest BCUT2D eigenvalue weighted by atomic mass is 9.33. The van der Waals surface area contributed by atoms with Crippen molar-refractivity contribution in [2.45, 2.75) is 352 Å². The number of allylic oxidation sites excluding steroid dienone is 2. The number of aliphatic hydroxyl groups is 14. The molecule has 0 spiro atoms. The van der Waals surface area contributed by atoms with E-state index in [2.05, 4.69) is 40.7 Å². The fourth-order valence-corrected chi connectivity index (χ4v) is 19.8. The summed E-state index contributed by atoms with van der Waals surface area (Å²) in [5.74, 6) is -5.78. The van der Waals surface area contributed by atoms with E-state index in [4.69, 9.17) is 66.3 Å². The van der Waals surface area contributed by atoms with E-state index >= 15 is 4.79 Å². The summed E-state index contributed by atoms with van der Waals surface area (Å²) in [6, 6.07) is 0. The van der Waals surface area contributed by atoms with Crippen LogP contribution in [0.3, 0.4) is 0 Å². The zero-order valence-corrected chi connectivity index (χ0v) is 62.8. The predicted molar refractivity (Wildman–Crippen MR) is 358 cm³/mol. The highest BCUT2D eigenvalue weighted by Crippen LogP contribution is 2.76. The summed E-state index contributed by atoms with van der Waals surface area (Å²) in [5.41, 5.74) is -4.48. The molecule has 14 N–H and O–H groups in total. The van der Waals surface area contributed by atoms with Crippen LogP contribution in [0.4, 0.5) is 0 Å². The third-order valence-corrected chi connectivity index (χ3v) is 25.6. The zero-order valence-electron chi connectivity index (χ0n) is 62.8. The lowest BCUT2D eigenvalue weighted by Crippen LogP contribution is -2.70. The number of esters is 5. The first-order valence-corrected chi connectivity index (χ1v) is 37.4. The minimum Gasteiger partial charge on any atom is -0.462 e. The van der Waals surface area contributed by atoms with Gasteiger partial charge in [0.25, 0.3) is 0 Å². The van der Waals surface area contributed by atoms with E-state index in [1.165, 1.54) is 48.5 Å². The number of carbonyl (C=O) groups is 5. The van der Waals surface area contributed by atoms with Gasteiger partial charge < -0.3 is 138 Å². The number of ether oxygens (including phenoxy) is 14. The maximum atomic E-state index is 16.1. The lowest BCUT2D eigenvalue weighted by Gasteiger charge is -2.72. The fraction of sp³-hybridized carbons (Fsp3) is 0.904. The Morgan fingerprint density at radius 2 is 1.06 bits per heavy atom. The maximum Gasteiger partial charge on any atom is 0.317 e. The molecule has 0 amide bonds. The molecule has 10 aliphatic rings.